The lowest BCUT2D eigenvalue weighted by Crippen LogP contribution is -2.17. The van der Waals surface area contributed by atoms with E-state index < -0.39 is 0 Å². The summed E-state index contributed by atoms with van der Waals surface area (Å²) in [5.41, 5.74) is 7.04. The number of hydrogen-bond acceptors (Lipinski definition) is 3. The molecule has 1 atom stereocenters. The molecule has 0 bridgehead atoms. The predicted molar refractivity (Wildman–Crippen MR) is 71.7 cm³/mol. The number of aromatic nitrogens is 2. The molecule has 2 aromatic rings. The summed E-state index contributed by atoms with van der Waals surface area (Å²) in [7, 11) is 1.99. The van der Waals surface area contributed by atoms with Crippen LogP contribution in [-0.2, 0) is 7.05 Å². The Labute approximate surface area is 107 Å². The summed E-state index contributed by atoms with van der Waals surface area (Å²) in [5, 5.41) is 0. The molecule has 18 heavy (non-hydrogen) atoms. The van der Waals surface area contributed by atoms with E-state index in [9.17, 15) is 0 Å². The van der Waals surface area contributed by atoms with Gasteiger partial charge in [0.25, 0.3) is 0 Å². The van der Waals surface area contributed by atoms with Crippen molar-refractivity contribution in [2.24, 2.45) is 12.8 Å². The van der Waals surface area contributed by atoms with Crippen LogP contribution >= 0.6 is 0 Å². The highest BCUT2D eigenvalue weighted by atomic mass is 16.5. The van der Waals surface area contributed by atoms with Crippen LogP contribution in [0.25, 0.3) is 0 Å². The van der Waals surface area contributed by atoms with Gasteiger partial charge >= 0.3 is 0 Å². The van der Waals surface area contributed by atoms with Gasteiger partial charge in [-0.05, 0) is 24.6 Å². The first-order chi connectivity index (χ1) is 8.76. The molecule has 1 aromatic carbocycles. The van der Waals surface area contributed by atoms with Gasteiger partial charge < -0.3 is 15.0 Å². The fourth-order valence-electron chi connectivity index (χ4n) is 2.07. The van der Waals surface area contributed by atoms with Crippen molar-refractivity contribution in [3.8, 4) is 5.75 Å². The van der Waals surface area contributed by atoms with Gasteiger partial charge in [0.1, 0.15) is 11.6 Å². The molecule has 1 aromatic heterocycles. The minimum absolute atomic E-state index is 0.126. The van der Waals surface area contributed by atoms with E-state index in [1.807, 2.05) is 36.9 Å². The van der Waals surface area contributed by atoms with Gasteiger partial charge in [0.15, 0.2) is 0 Å². The number of nitrogens with two attached hydrogens (primary N) is 1. The second-order valence-electron chi connectivity index (χ2n) is 4.19. The standard InChI is InChI=1S/C14H19N3O/c1-3-18-12-6-4-11(5-7-12)13(10-15)14-16-8-9-17(14)2/h4-9,13H,3,10,15H2,1-2H3. The zero-order valence-corrected chi connectivity index (χ0v) is 10.8. The van der Waals surface area contributed by atoms with E-state index in [1.165, 1.54) is 0 Å². The Kier molecular flexibility index (Phi) is 3.99. The summed E-state index contributed by atoms with van der Waals surface area (Å²) in [6.07, 6.45) is 3.74. The number of imidazole rings is 1. The Morgan fingerprint density at radius 3 is 2.56 bits per heavy atom. The number of nitrogens with zero attached hydrogens (tertiary/aromatic N) is 2. The molecule has 96 valence electrons. The van der Waals surface area contributed by atoms with Crippen LogP contribution in [0, 0.1) is 0 Å². The summed E-state index contributed by atoms with van der Waals surface area (Å²) in [4.78, 5) is 4.37. The van der Waals surface area contributed by atoms with Crippen LogP contribution in [0.5, 0.6) is 5.75 Å². The van der Waals surface area contributed by atoms with Gasteiger partial charge in [-0.25, -0.2) is 4.98 Å². The normalized spacial score (nSPS) is 12.4. The first-order valence-electron chi connectivity index (χ1n) is 6.16. The molecule has 2 rings (SSSR count). The molecule has 0 aliphatic rings. The predicted octanol–water partition coefficient (Wildman–Crippen LogP) is 1.91. The van der Waals surface area contributed by atoms with Crippen molar-refractivity contribution in [2.45, 2.75) is 12.8 Å². The van der Waals surface area contributed by atoms with Crippen molar-refractivity contribution in [2.75, 3.05) is 13.2 Å². The maximum Gasteiger partial charge on any atom is 0.119 e. The molecule has 0 saturated heterocycles. The van der Waals surface area contributed by atoms with Crippen LogP contribution in [0.4, 0.5) is 0 Å². The molecular weight excluding hydrogens is 226 g/mol. The molecule has 0 radical (unpaired) electrons. The average Bonchev–Trinajstić information content (AvgIpc) is 2.79. The van der Waals surface area contributed by atoms with E-state index in [0.717, 1.165) is 17.1 Å². The molecule has 0 saturated carbocycles. The minimum Gasteiger partial charge on any atom is -0.494 e. The van der Waals surface area contributed by atoms with Crippen molar-refractivity contribution >= 4 is 0 Å². The molecule has 0 aliphatic carbocycles. The van der Waals surface area contributed by atoms with Gasteiger partial charge in [-0.3, -0.25) is 0 Å². The van der Waals surface area contributed by atoms with Crippen molar-refractivity contribution in [3.63, 3.8) is 0 Å². The first kappa shape index (κ1) is 12.6. The van der Waals surface area contributed by atoms with E-state index >= 15 is 0 Å². The molecule has 0 amide bonds. The van der Waals surface area contributed by atoms with Gasteiger partial charge in [0.2, 0.25) is 0 Å². The molecule has 1 unspecified atom stereocenters. The molecule has 0 fully saturated rings. The van der Waals surface area contributed by atoms with Gasteiger partial charge in [-0.2, -0.15) is 0 Å². The first-order valence-corrected chi connectivity index (χ1v) is 6.16. The quantitative estimate of drug-likeness (QED) is 0.875. The number of aryl methyl sites for hydroxylation is 1. The maximum atomic E-state index is 5.88. The van der Waals surface area contributed by atoms with E-state index in [2.05, 4.69) is 17.1 Å². The molecule has 4 heteroatoms. The van der Waals surface area contributed by atoms with Gasteiger partial charge in [0.05, 0.1) is 12.5 Å². The van der Waals surface area contributed by atoms with Crippen LogP contribution in [0.15, 0.2) is 36.7 Å². The lowest BCUT2D eigenvalue weighted by atomic mass is 9.98. The molecule has 2 N–H and O–H groups in total. The van der Waals surface area contributed by atoms with Crippen LogP contribution in [0.1, 0.15) is 24.2 Å². The molecule has 4 nitrogen and oxygen atoms in total. The molecule has 0 aliphatic heterocycles. The minimum atomic E-state index is 0.126. The average molecular weight is 245 g/mol. The largest absolute Gasteiger partial charge is 0.494 e. The molecule has 1 heterocycles. The smallest absolute Gasteiger partial charge is 0.119 e. The highest BCUT2D eigenvalue weighted by molar-refractivity contribution is 5.32. The van der Waals surface area contributed by atoms with Crippen molar-refractivity contribution < 1.29 is 4.74 Å². The lowest BCUT2D eigenvalue weighted by Gasteiger charge is -2.15. The van der Waals surface area contributed by atoms with Crippen molar-refractivity contribution in [1.29, 1.82) is 0 Å². The highest BCUT2D eigenvalue weighted by Gasteiger charge is 2.16. The third kappa shape index (κ3) is 2.54. The van der Waals surface area contributed by atoms with Crippen LogP contribution < -0.4 is 10.5 Å². The van der Waals surface area contributed by atoms with E-state index in [4.69, 9.17) is 10.5 Å². The summed E-state index contributed by atoms with van der Waals surface area (Å²) in [6.45, 7) is 3.20. The third-order valence-electron chi connectivity index (χ3n) is 3.00. The summed E-state index contributed by atoms with van der Waals surface area (Å²) in [5.74, 6) is 2.00. The second kappa shape index (κ2) is 5.69. The highest BCUT2D eigenvalue weighted by Crippen LogP contribution is 2.24. The topological polar surface area (TPSA) is 53.1 Å². The maximum absolute atomic E-state index is 5.88. The van der Waals surface area contributed by atoms with Crippen molar-refractivity contribution in [1.82, 2.24) is 9.55 Å². The van der Waals surface area contributed by atoms with E-state index in [0.29, 0.717) is 13.2 Å². The van der Waals surface area contributed by atoms with E-state index in [-0.39, 0.29) is 5.92 Å². The SMILES string of the molecule is CCOc1ccc(C(CN)c2nccn2C)cc1. The molecular formula is C14H19N3O. The summed E-state index contributed by atoms with van der Waals surface area (Å²) >= 11 is 0. The fraction of sp³-hybridized carbons (Fsp3) is 0.357. The Morgan fingerprint density at radius 1 is 1.33 bits per heavy atom. The van der Waals surface area contributed by atoms with Crippen LogP contribution in [0.3, 0.4) is 0 Å². The monoisotopic (exact) mass is 245 g/mol. The van der Waals surface area contributed by atoms with Crippen LogP contribution in [0.2, 0.25) is 0 Å². The van der Waals surface area contributed by atoms with Crippen LogP contribution in [-0.4, -0.2) is 22.7 Å². The fourth-order valence-corrected chi connectivity index (χ4v) is 2.07. The summed E-state index contributed by atoms with van der Waals surface area (Å²) in [6, 6.07) is 8.06. The van der Waals surface area contributed by atoms with Gasteiger partial charge in [-0.15, -0.1) is 0 Å². The number of rotatable bonds is 5. The van der Waals surface area contributed by atoms with Gasteiger partial charge in [0, 0.05) is 26.0 Å². The zero-order chi connectivity index (χ0) is 13.0. The number of benzene rings is 1. The zero-order valence-electron chi connectivity index (χ0n) is 10.8. The Balaban J connectivity index is 2.25. The Bertz CT molecular complexity index is 490. The number of ether oxygens (including phenoxy) is 1. The van der Waals surface area contributed by atoms with Crippen molar-refractivity contribution in [3.05, 3.63) is 48.0 Å². The van der Waals surface area contributed by atoms with Gasteiger partial charge in [-0.1, -0.05) is 12.1 Å². The Morgan fingerprint density at radius 2 is 2.06 bits per heavy atom. The number of hydrogen-bond donors (Lipinski definition) is 1. The molecule has 0 spiro atoms. The summed E-state index contributed by atoms with van der Waals surface area (Å²) < 4.78 is 7.44. The lowest BCUT2D eigenvalue weighted by molar-refractivity contribution is 0.340. The Hall–Kier alpha value is -1.81. The third-order valence-corrected chi connectivity index (χ3v) is 3.00. The van der Waals surface area contributed by atoms with E-state index in [1.54, 1.807) is 6.20 Å². The second-order valence-corrected chi connectivity index (χ2v) is 4.19.